The lowest BCUT2D eigenvalue weighted by Gasteiger charge is -2.23. The Balaban J connectivity index is 1.59. The minimum Gasteiger partial charge on any atom is -0.355 e. The quantitative estimate of drug-likeness (QED) is 0.398. The van der Waals surface area contributed by atoms with E-state index in [0.29, 0.717) is 31.9 Å². The Hall–Kier alpha value is -3.67. The second-order valence-electron chi connectivity index (χ2n) is 7.54. The molecule has 9 nitrogen and oxygen atoms in total. The summed E-state index contributed by atoms with van der Waals surface area (Å²) in [7, 11) is 0. The van der Waals surface area contributed by atoms with Crippen molar-refractivity contribution in [2.75, 3.05) is 31.1 Å². The van der Waals surface area contributed by atoms with Crippen molar-refractivity contribution in [2.45, 2.75) is 12.6 Å². The van der Waals surface area contributed by atoms with Gasteiger partial charge < -0.3 is 9.80 Å². The molecular formula is C21H18ClF3N6O3. The molecule has 1 aliphatic heterocycles. The predicted octanol–water partition coefficient (Wildman–Crippen LogP) is 4.20. The van der Waals surface area contributed by atoms with Crippen molar-refractivity contribution in [1.82, 2.24) is 19.7 Å². The number of nitrogens with zero attached hydrogens (tertiary/aromatic N) is 6. The number of rotatable bonds is 4. The number of hydrogen-bond acceptors (Lipinski definition) is 6. The Kier molecular flexibility index (Phi) is 6.42. The molecule has 0 spiro atoms. The third kappa shape index (κ3) is 4.81. The van der Waals surface area contributed by atoms with Gasteiger partial charge >= 0.3 is 6.18 Å². The summed E-state index contributed by atoms with van der Waals surface area (Å²) in [6.45, 7) is 1.39. The van der Waals surface area contributed by atoms with E-state index in [-0.39, 0.29) is 28.6 Å². The van der Waals surface area contributed by atoms with Crippen molar-refractivity contribution in [3.8, 4) is 5.69 Å². The van der Waals surface area contributed by atoms with Gasteiger partial charge in [0.25, 0.3) is 11.6 Å². The minimum absolute atomic E-state index is 0.135. The highest BCUT2D eigenvalue weighted by Crippen LogP contribution is 2.31. The standard InChI is InChI=1S/C21H18ClF3N6O3/c22-15-4-1-2-5-16(15)30-17(12-18(27-30)21(23,24)25)20(32)29-9-3-8-28(10-11-29)19-7-6-14(13-26-19)31(33)34/h1-2,4-7,12-13H,3,8-11H2. The summed E-state index contributed by atoms with van der Waals surface area (Å²) >= 11 is 6.17. The Labute approximate surface area is 196 Å². The normalized spacial score (nSPS) is 14.7. The van der Waals surface area contributed by atoms with Crippen molar-refractivity contribution >= 4 is 29.0 Å². The van der Waals surface area contributed by atoms with E-state index in [2.05, 4.69) is 10.1 Å². The molecule has 4 rings (SSSR count). The van der Waals surface area contributed by atoms with E-state index in [1.165, 1.54) is 29.2 Å². The second kappa shape index (κ2) is 9.29. The Morgan fingerprint density at radius 1 is 1.09 bits per heavy atom. The number of carbonyl (C=O) groups excluding carboxylic acids is 1. The number of aromatic nitrogens is 3. The van der Waals surface area contributed by atoms with Gasteiger partial charge in [0.1, 0.15) is 17.7 Å². The van der Waals surface area contributed by atoms with Crippen molar-refractivity contribution in [1.29, 1.82) is 0 Å². The number of nitro groups is 1. The molecule has 2 aromatic heterocycles. The summed E-state index contributed by atoms with van der Waals surface area (Å²) in [5.74, 6) is -0.0956. The zero-order valence-corrected chi connectivity index (χ0v) is 18.3. The lowest BCUT2D eigenvalue weighted by Crippen LogP contribution is -2.36. The van der Waals surface area contributed by atoms with Crippen LogP contribution < -0.4 is 4.90 Å². The molecule has 13 heteroatoms. The highest BCUT2D eigenvalue weighted by Gasteiger charge is 2.37. The predicted molar refractivity (Wildman–Crippen MR) is 117 cm³/mol. The van der Waals surface area contributed by atoms with Crippen molar-refractivity contribution < 1.29 is 22.9 Å². The molecule has 3 heterocycles. The molecule has 0 N–H and O–H groups in total. The van der Waals surface area contributed by atoms with Crippen LogP contribution in [0.2, 0.25) is 5.02 Å². The summed E-state index contributed by atoms with van der Waals surface area (Å²) in [5, 5.41) is 14.6. The van der Waals surface area contributed by atoms with Gasteiger partial charge in [0, 0.05) is 38.3 Å². The number of hydrogen-bond donors (Lipinski definition) is 0. The number of amides is 1. The molecule has 34 heavy (non-hydrogen) atoms. The third-order valence-electron chi connectivity index (χ3n) is 5.35. The zero-order valence-electron chi connectivity index (χ0n) is 17.6. The molecule has 1 saturated heterocycles. The number of benzene rings is 1. The topological polar surface area (TPSA) is 97.4 Å². The van der Waals surface area contributed by atoms with Crippen LogP contribution in [0, 0.1) is 10.1 Å². The van der Waals surface area contributed by atoms with Gasteiger partial charge in [0.05, 0.1) is 15.6 Å². The molecule has 0 atom stereocenters. The smallest absolute Gasteiger partial charge is 0.355 e. The second-order valence-corrected chi connectivity index (χ2v) is 7.95. The van der Waals surface area contributed by atoms with E-state index < -0.39 is 22.7 Å². The molecule has 1 amide bonds. The van der Waals surface area contributed by atoms with Gasteiger partial charge in [-0.1, -0.05) is 23.7 Å². The van der Waals surface area contributed by atoms with Crippen molar-refractivity contribution in [2.24, 2.45) is 0 Å². The highest BCUT2D eigenvalue weighted by molar-refractivity contribution is 6.32. The van der Waals surface area contributed by atoms with E-state index in [1.54, 1.807) is 12.1 Å². The van der Waals surface area contributed by atoms with Crippen molar-refractivity contribution in [3.05, 3.63) is 75.2 Å². The van der Waals surface area contributed by atoms with Gasteiger partial charge in [-0.25, -0.2) is 9.67 Å². The molecule has 0 unspecified atom stereocenters. The maximum atomic E-state index is 13.4. The Morgan fingerprint density at radius 2 is 1.85 bits per heavy atom. The van der Waals surface area contributed by atoms with Crippen LogP contribution in [-0.2, 0) is 6.18 Å². The van der Waals surface area contributed by atoms with Crippen LogP contribution in [0.4, 0.5) is 24.7 Å². The average Bonchev–Trinajstić information content (AvgIpc) is 3.11. The largest absolute Gasteiger partial charge is 0.435 e. The van der Waals surface area contributed by atoms with E-state index in [4.69, 9.17) is 11.6 Å². The lowest BCUT2D eigenvalue weighted by atomic mass is 10.2. The van der Waals surface area contributed by atoms with Crippen LogP contribution in [-0.4, -0.2) is 56.7 Å². The van der Waals surface area contributed by atoms with Crippen LogP contribution in [0.15, 0.2) is 48.7 Å². The molecule has 1 aromatic carbocycles. The fourth-order valence-electron chi connectivity index (χ4n) is 3.66. The molecule has 1 aliphatic rings. The van der Waals surface area contributed by atoms with E-state index in [9.17, 15) is 28.1 Å². The number of pyridine rings is 1. The van der Waals surface area contributed by atoms with Gasteiger partial charge in [-0.05, 0) is 24.6 Å². The Bertz CT molecular complexity index is 1220. The van der Waals surface area contributed by atoms with Gasteiger partial charge in [0.2, 0.25) is 0 Å². The van der Waals surface area contributed by atoms with Gasteiger partial charge in [-0.2, -0.15) is 18.3 Å². The van der Waals surface area contributed by atoms with Crippen molar-refractivity contribution in [3.63, 3.8) is 0 Å². The number of para-hydroxylation sites is 1. The molecule has 1 fully saturated rings. The van der Waals surface area contributed by atoms with Crippen LogP contribution in [0.25, 0.3) is 5.69 Å². The first-order valence-corrected chi connectivity index (χ1v) is 10.6. The summed E-state index contributed by atoms with van der Waals surface area (Å²) in [4.78, 5) is 31.0. The van der Waals surface area contributed by atoms with Crippen LogP contribution in [0.1, 0.15) is 22.6 Å². The summed E-state index contributed by atoms with van der Waals surface area (Å²) < 4.78 is 41.1. The SMILES string of the molecule is O=C(c1cc(C(F)(F)F)nn1-c1ccccc1Cl)N1CCCN(c2ccc([N+](=O)[O-])cn2)CC1. The van der Waals surface area contributed by atoms with E-state index in [0.717, 1.165) is 16.9 Å². The molecule has 3 aromatic rings. The minimum atomic E-state index is -4.74. The average molecular weight is 495 g/mol. The zero-order chi connectivity index (χ0) is 24.5. The summed E-state index contributed by atoms with van der Waals surface area (Å²) in [5.41, 5.74) is -1.41. The van der Waals surface area contributed by atoms with Crippen LogP contribution in [0.3, 0.4) is 0 Å². The molecular weight excluding hydrogens is 477 g/mol. The molecule has 0 aliphatic carbocycles. The molecule has 0 saturated carbocycles. The fourth-order valence-corrected chi connectivity index (χ4v) is 3.88. The van der Waals surface area contributed by atoms with E-state index >= 15 is 0 Å². The van der Waals surface area contributed by atoms with Gasteiger partial charge in [0.15, 0.2) is 5.69 Å². The van der Waals surface area contributed by atoms with Gasteiger partial charge in [-0.3, -0.25) is 14.9 Å². The number of alkyl halides is 3. The van der Waals surface area contributed by atoms with Crippen LogP contribution in [0.5, 0.6) is 0 Å². The van der Waals surface area contributed by atoms with E-state index in [1.807, 2.05) is 4.90 Å². The fraction of sp³-hybridized carbons (Fsp3) is 0.286. The lowest BCUT2D eigenvalue weighted by molar-refractivity contribution is -0.385. The maximum absolute atomic E-state index is 13.4. The molecule has 178 valence electrons. The number of anilines is 1. The van der Waals surface area contributed by atoms with Gasteiger partial charge in [-0.15, -0.1) is 0 Å². The number of halogens is 4. The monoisotopic (exact) mass is 494 g/mol. The molecule has 0 radical (unpaired) electrons. The summed E-state index contributed by atoms with van der Waals surface area (Å²) in [6, 6.07) is 9.79. The highest BCUT2D eigenvalue weighted by atomic mass is 35.5. The first-order chi connectivity index (χ1) is 16.1. The Morgan fingerprint density at radius 3 is 2.50 bits per heavy atom. The third-order valence-corrected chi connectivity index (χ3v) is 5.67. The first kappa shape index (κ1) is 23.5. The maximum Gasteiger partial charge on any atom is 0.435 e. The summed E-state index contributed by atoms with van der Waals surface area (Å²) in [6.07, 6.45) is -3.06. The van der Waals surface area contributed by atoms with Crippen LogP contribution >= 0.6 is 11.6 Å². The first-order valence-electron chi connectivity index (χ1n) is 10.2. The number of carbonyl (C=O) groups is 1. The molecule has 0 bridgehead atoms.